The van der Waals surface area contributed by atoms with E-state index in [0.717, 1.165) is 0 Å². The van der Waals surface area contributed by atoms with Crippen LogP contribution in [0.5, 0.6) is 0 Å². The van der Waals surface area contributed by atoms with Gasteiger partial charge in [-0.25, -0.2) is 8.42 Å². The van der Waals surface area contributed by atoms with Crippen LogP contribution in [0.3, 0.4) is 0 Å². The number of anilines is 1. The van der Waals surface area contributed by atoms with Gasteiger partial charge in [0.2, 0.25) is 0 Å². The predicted molar refractivity (Wildman–Crippen MR) is 69.3 cm³/mol. The lowest BCUT2D eigenvalue weighted by Crippen LogP contribution is -2.17. The van der Waals surface area contributed by atoms with Gasteiger partial charge in [0.25, 0.3) is 0 Å². The third kappa shape index (κ3) is 2.81. The number of rotatable bonds is 2. The quantitative estimate of drug-likeness (QED) is 0.832. The number of nitrogen functional groups attached to an aromatic ring is 1. The summed E-state index contributed by atoms with van der Waals surface area (Å²) in [5.74, 6) is 0.0636. The Bertz CT molecular complexity index is 571. The zero-order valence-corrected chi connectivity index (χ0v) is 11.3. The molecule has 0 radical (unpaired) electrons. The molecule has 94 valence electrons. The highest BCUT2D eigenvalue weighted by molar-refractivity contribution is 7.94. The number of halogens is 1. The summed E-state index contributed by atoms with van der Waals surface area (Å²) < 4.78 is 34.9. The van der Waals surface area contributed by atoms with Crippen LogP contribution in [0.2, 0.25) is 5.02 Å². The molecule has 0 aliphatic carbocycles. The van der Waals surface area contributed by atoms with Crippen LogP contribution in [0.4, 0.5) is 5.69 Å². The molecule has 1 aromatic carbocycles. The molecule has 1 saturated heterocycles. The summed E-state index contributed by atoms with van der Waals surface area (Å²) in [5.41, 5.74) is 6.08. The molecule has 0 amide bonds. The number of hydrogen-bond donors (Lipinski definition) is 1. The van der Waals surface area contributed by atoms with E-state index < -0.39 is 20.6 Å². The first kappa shape index (κ1) is 12.9. The molecule has 4 nitrogen and oxygen atoms in total. The molecule has 1 aliphatic rings. The highest BCUT2D eigenvalue weighted by Crippen LogP contribution is 2.28. The van der Waals surface area contributed by atoms with Gasteiger partial charge in [0.15, 0.2) is 9.84 Å². The zero-order valence-electron chi connectivity index (χ0n) is 8.93. The summed E-state index contributed by atoms with van der Waals surface area (Å²) >= 11 is 5.94. The van der Waals surface area contributed by atoms with Crippen LogP contribution < -0.4 is 5.73 Å². The average Bonchev–Trinajstić information content (AvgIpc) is 2.61. The van der Waals surface area contributed by atoms with Crippen LogP contribution in [0.15, 0.2) is 23.1 Å². The number of nitrogens with two attached hydrogens (primary N) is 1. The molecule has 2 rings (SSSR count). The Kier molecular flexibility index (Phi) is 3.47. The van der Waals surface area contributed by atoms with Crippen LogP contribution in [-0.4, -0.2) is 29.4 Å². The van der Waals surface area contributed by atoms with E-state index in [9.17, 15) is 12.6 Å². The van der Waals surface area contributed by atoms with E-state index in [-0.39, 0.29) is 16.8 Å². The highest BCUT2D eigenvalue weighted by atomic mass is 35.5. The van der Waals surface area contributed by atoms with Crippen molar-refractivity contribution in [3.8, 4) is 0 Å². The molecule has 17 heavy (non-hydrogen) atoms. The summed E-state index contributed by atoms with van der Waals surface area (Å²) in [6, 6.07) is 4.74. The minimum Gasteiger partial charge on any atom is -0.399 e. The second kappa shape index (κ2) is 4.59. The van der Waals surface area contributed by atoms with Gasteiger partial charge in [-0.05, 0) is 24.6 Å². The topological polar surface area (TPSA) is 77.2 Å². The van der Waals surface area contributed by atoms with Crippen molar-refractivity contribution >= 4 is 37.9 Å². The van der Waals surface area contributed by atoms with Gasteiger partial charge in [-0.15, -0.1) is 0 Å². The Morgan fingerprint density at radius 1 is 1.41 bits per heavy atom. The monoisotopic (exact) mass is 293 g/mol. The fourth-order valence-electron chi connectivity index (χ4n) is 1.78. The zero-order chi connectivity index (χ0) is 12.6. The first-order chi connectivity index (χ1) is 7.89. The second-order valence-corrected chi connectivity index (χ2v) is 8.35. The Morgan fingerprint density at radius 2 is 2.12 bits per heavy atom. The Balaban J connectivity index is 2.29. The van der Waals surface area contributed by atoms with Crippen LogP contribution in [0, 0.1) is 0 Å². The molecule has 1 aliphatic heterocycles. The van der Waals surface area contributed by atoms with E-state index in [1.165, 1.54) is 0 Å². The maximum Gasteiger partial charge on any atom is 0.151 e. The lowest BCUT2D eigenvalue weighted by Gasteiger charge is -2.10. The third-order valence-corrected chi connectivity index (χ3v) is 6.87. The summed E-state index contributed by atoms with van der Waals surface area (Å²) in [6.45, 7) is 0. The van der Waals surface area contributed by atoms with Crippen LogP contribution in [0.25, 0.3) is 0 Å². The first-order valence-corrected chi connectivity index (χ1v) is 8.46. The van der Waals surface area contributed by atoms with Crippen molar-refractivity contribution in [2.45, 2.75) is 16.6 Å². The Morgan fingerprint density at radius 3 is 2.71 bits per heavy atom. The van der Waals surface area contributed by atoms with Crippen molar-refractivity contribution in [2.75, 3.05) is 17.2 Å². The molecule has 0 bridgehead atoms. The molecule has 2 unspecified atom stereocenters. The van der Waals surface area contributed by atoms with E-state index >= 15 is 0 Å². The molecular formula is C10H12ClNO3S2. The number of hydrogen-bond acceptors (Lipinski definition) is 4. The summed E-state index contributed by atoms with van der Waals surface area (Å²) in [5, 5.41) is -0.0128. The van der Waals surface area contributed by atoms with Crippen molar-refractivity contribution in [3.05, 3.63) is 23.2 Å². The predicted octanol–water partition coefficient (Wildman–Crippen LogP) is 1.22. The maximum atomic E-state index is 12.2. The molecule has 0 aromatic heterocycles. The van der Waals surface area contributed by atoms with Crippen molar-refractivity contribution < 1.29 is 12.6 Å². The van der Waals surface area contributed by atoms with Crippen LogP contribution in [-0.2, 0) is 20.6 Å². The van der Waals surface area contributed by atoms with Gasteiger partial charge in [0, 0.05) is 5.69 Å². The molecule has 7 heteroatoms. The van der Waals surface area contributed by atoms with Crippen LogP contribution in [0.1, 0.15) is 6.42 Å². The van der Waals surface area contributed by atoms with Gasteiger partial charge in [0.05, 0.1) is 37.5 Å². The Labute approximate surface area is 108 Å². The Hall–Kier alpha value is -0.590. The lowest BCUT2D eigenvalue weighted by molar-refractivity contribution is 0.602. The molecule has 1 fully saturated rings. The van der Waals surface area contributed by atoms with Crippen molar-refractivity contribution in [1.29, 1.82) is 0 Å². The fraction of sp³-hybridized carbons (Fsp3) is 0.400. The van der Waals surface area contributed by atoms with E-state index in [0.29, 0.717) is 22.0 Å². The van der Waals surface area contributed by atoms with E-state index in [1.807, 2.05) is 0 Å². The normalized spacial score (nSPS) is 24.6. The number of benzene rings is 1. The van der Waals surface area contributed by atoms with Gasteiger partial charge in [-0.1, -0.05) is 11.6 Å². The first-order valence-electron chi connectivity index (χ1n) is 5.05. The van der Waals surface area contributed by atoms with Crippen molar-refractivity contribution in [1.82, 2.24) is 0 Å². The largest absolute Gasteiger partial charge is 0.399 e. The minimum absolute atomic E-state index is 0.0370. The van der Waals surface area contributed by atoms with E-state index in [1.54, 1.807) is 18.2 Å². The molecule has 2 atom stereocenters. The molecule has 1 heterocycles. The lowest BCUT2D eigenvalue weighted by atomic mass is 10.3. The van der Waals surface area contributed by atoms with E-state index in [4.69, 9.17) is 17.3 Å². The third-order valence-electron chi connectivity index (χ3n) is 2.67. The van der Waals surface area contributed by atoms with Gasteiger partial charge in [-0.2, -0.15) is 0 Å². The standard InChI is InChI=1S/C10H12ClNO3S2/c11-9-2-1-7(12)5-10(9)16(13)8-3-4-17(14,15)6-8/h1-2,5,8H,3-4,6,12H2. The SMILES string of the molecule is Nc1ccc(Cl)c(S(=O)C2CCS(=O)(=O)C2)c1. The van der Waals surface area contributed by atoms with Crippen molar-refractivity contribution in [3.63, 3.8) is 0 Å². The molecule has 2 N–H and O–H groups in total. The maximum absolute atomic E-state index is 12.2. The van der Waals surface area contributed by atoms with E-state index in [2.05, 4.69) is 0 Å². The molecule has 1 aromatic rings. The smallest absolute Gasteiger partial charge is 0.151 e. The van der Waals surface area contributed by atoms with Gasteiger partial charge in [-0.3, -0.25) is 4.21 Å². The molecule has 0 saturated carbocycles. The van der Waals surface area contributed by atoms with Gasteiger partial charge < -0.3 is 5.73 Å². The summed E-state index contributed by atoms with van der Waals surface area (Å²) in [6.07, 6.45) is 0.417. The average molecular weight is 294 g/mol. The fourth-order valence-corrected chi connectivity index (χ4v) is 6.14. The number of sulfone groups is 1. The van der Waals surface area contributed by atoms with Crippen LogP contribution >= 0.6 is 11.6 Å². The summed E-state index contributed by atoms with van der Waals surface area (Å²) in [4.78, 5) is 0.425. The second-order valence-electron chi connectivity index (χ2n) is 4.01. The van der Waals surface area contributed by atoms with Crippen molar-refractivity contribution in [2.24, 2.45) is 0 Å². The molecular weight excluding hydrogens is 282 g/mol. The summed E-state index contributed by atoms with van der Waals surface area (Å²) in [7, 11) is -4.46. The van der Waals surface area contributed by atoms with Gasteiger partial charge in [0.1, 0.15) is 0 Å². The van der Waals surface area contributed by atoms with Gasteiger partial charge >= 0.3 is 0 Å². The minimum atomic E-state index is -3.04. The molecule has 0 spiro atoms. The highest BCUT2D eigenvalue weighted by Gasteiger charge is 2.33.